The van der Waals surface area contributed by atoms with Crippen LogP contribution in [0.1, 0.15) is 25.8 Å². The highest BCUT2D eigenvalue weighted by Crippen LogP contribution is 2.40. The third-order valence-corrected chi connectivity index (χ3v) is 6.20. The summed E-state index contributed by atoms with van der Waals surface area (Å²) in [6.45, 7) is -3.53. The molecule has 11 nitrogen and oxygen atoms in total. The normalized spacial score (nSPS) is 24.4. The number of nitrogens with two attached hydrogens (primary N) is 2. The average molecular weight is 459 g/mol. The highest BCUT2D eigenvalue weighted by Gasteiger charge is 2.54. The molecule has 1 fully saturated rings. The Morgan fingerprint density at radius 2 is 2.33 bits per heavy atom. The van der Waals surface area contributed by atoms with Gasteiger partial charge in [0.05, 0.1) is 11.3 Å². The molecule has 0 spiro atoms. The summed E-state index contributed by atoms with van der Waals surface area (Å²) in [6, 6.07) is -1.20. The second-order valence-corrected chi connectivity index (χ2v) is 7.99. The molecule has 0 aliphatic carbocycles. The van der Waals surface area contributed by atoms with Crippen molar-refractivity contribution in [3.63, 3.8) is 0 Å². The maximum absolute atomic E-state index is 13.1. The third-order valence-electron chi connectivity index (χ3n) is 4.18. The summed E-state index contributed by atoms with van der Waals surface area (Å²) in [5.41, 5.74) is 9.71. The van der Waals surface area contributed by atoms with Crippen molar-refractivity contribution in [1.82, 2.24) is 15.2 Å². The van der Waals surface area contributed by atoms with Crippen LogP contribution in [0, 0.1) is 0 Å². The molecule has 0 unspecified atom stereocenters. The lowest BCUT2D eigenvalue weighted by molar-refractivity contribution is -0.150. The number of thiazole rings is 1. The molecule has 1 aromatic rings. The number of β-lactam (4-membered cyclic amide) rings is 1. The molecule has 3 amide bonds. The number of nitrogens with one attached hydrogen (secondary N) is 1. The summed E-state index contributed by atoms with van der Waals surface area (Å²) < 4.78 is 42.5. The number of hydrogen-bond acceptors (Lipinski definition) is 9. The lowest BCUT2D eigenvalue weighted by Crippen LogP contribution is -2.70. The van der Waals surface area contributed by atoms with Crippen LogP contribution in [0.15, 0.2) is 22.7 Å². The van der Waals surface area contributed by atoms with Gasteiger partial charge >= 0.3 is 12.1 Å². The van der Waals surface area contributed by atoms with Crippen molar-refractivity contribution in [2.45, 2.75) is 24.6 Å². The van der Waals surface area contributed by atoms with Gasteiger partial charge in [0.25, 0.3) is 11.8 Å². The zero-order valence-corrected chi connectivity index (χ0v) is 16.7. The van der Waals surface area contributed by atoms with Crippen molar-refractivity contribution in [1.29, 1.82) is 0 Å². The molecule has 1 saturated heterocycles. The molecule has 6 N–H and O–H groups in total. The van der Waals surface area contributed by atoms with E-state index in [9.17, 15) is 24.3 Å². The molecule has 0 saturated carbocycles. The third kappa shape index (κ3) is 4.11. The standard InChI is InChI=1S/C17H19N5O6S2/c1-2-3-8(9-6-30-16(18)20-9)12(23)21-10-13(24)22-11(15(25)26)7(4-28-17(19)27)5-29-14(10)22/h3,6,10,14H,2,4-5H2,1H3,(H2,18,20)(H2,19,27)(H,21,23)(H,25,26)/b8-3-/t10-,14-/m1/s1/i1D3,2D2. The minimum absolute atomic E-state index is 0.0452. The zero-order valence-electron chi connectivity index (χ0n) is 20.1. The number of fused-ring (bicyclic) bond motifs is 1. The van der Waals surface area contributed by atoms with Crippen LogP contribution in [-0.2, 0) is 19.1 Å². The average Bonchev–Trinajstić information content (AvgIpc) is 3.18. The summed E-state index contributed by atoms with van der Waals surface area (Å²) >= 11 is 2.04. The van der Waals surface area contributed by atoms with Crippen molar-refractivity contribution in [3.8, 4) is 0 Å². The first-order valence-electron chi connectivity index (χ1n) is 10.7. The first-order valence-corrected chi connectivity index (χ1v) is 10.1. The Bertz CT molecular complexity index is 1150. The zero-order chi connectivity index (χ0) is 26.3. The minimum atomic E-state index is -3.10. The number of hydrogen-bond donors (Lipinski definition) is 4. The van der Waals surface area contributed by atoms with Crippen molar-refractivity contribution in [2.75, 3.05) is 18.1 Å². The van der Waals surface area contributed by atoms with E-state index in [0.717, 1.165) is 28.0 Å². The first kappa shape index (κ1) is 15.7. The van der Waals surface area contributed by atoms with Gasteiger partial charge in [-0.25, -0.2) is 14.6 Å². The highest BCUT2D eigenvalue weighted by molar-refractivity contribution is 8.00. The van der Waals surface area contributed by atoms with Gasteiger partial charge in [-0.15, -0.1) is 23.1 Å². The summed E-state index contributed by atoms with van der Waals surface area (Å²) in [5, 5.41) is 12.5. The van der Waals surface area contributed by atoms with E-state index in [2.05, 4.69) is 15.0 Å². The molecule has 2 aliphatic heterocycles. The number of primary amides is 1. The monoisotopic (exact) mass is 458 g/mol. The number of aromatic nitrogens is 1. The van der Waals surface area contributed by atoms with Crippen LogP contribution < -0.4 is 16.8 Å². The molecule has 1 aromatic heterocycles. The van der Waals surface area contributed by atoms with Crippen LogP contribution in [0.2, 0.25) is 0 Å². The Balaban J connectivity index is 1.87. The SMILES string of the molecule is [2H]C([2H])([2H])C([2H])([2H])/C=C(\C(=O)N[C@@H]1C(=O)N2C(C(=O)O)=C(COC(N)=O)CS[C@H]12)c1csc(N)n1. The molecule has 3 heterocycles. The number of allylic oxidation sites excluding steroid dienone is 1. The van der Waals surface area contributed by atoms with E-state index in [1.165, 1.54) is 5.38 Å². The largest absolute Gasteiger partial charge is 0.477 e. The van der Waals surface area contributed by atoms with Gasteiger partial charge in [0.1, 0.15) is 23.7 Å². The Hall–Kier alpha value is -3.06. The van der Waals surface area contributed by atoms with Gasteiger partial charge in [-0.05, 0) is 6.37 Å². The van der Waals surface area contributed by atoms with E-state index in [-0.39, 0.29) is 22.2 Å². The summed E-state index contributed by atoms with van der Waals surface area (Å²) in [5.74, 6) is -3.16. The summed E-state index contributed by atoms with van der Waals surface area (Å²) in [7, 11) is 0. The second-order valence-electron chi connectivity index (χ2n) is 6.00. The number of nitrogen functional groups attached to an aromatic ring is 1. The van der Waals surface area contributed by atoms with Crippen LogP contribution in [-0.4, -0.2) is 62.6 Å². The lowest BCUT2D eigenvalue weighted by Gasteiger charge is -2.49. The maximum atomic E-state index is 13.1. The van der Waals surface area contributed by atoms with Gasteiger partial charge in [0.2, 0.25) is 0 Å². The number of anilines is 1. The Morgan fingerprint density at radius 3 is 2.93 bits per heavy atom. The van der Waals surface area contributed by atoms with Crippen LogP contribution in [0.5, 0.6) is 0 Å². The second kappa shape index (κ2) is 8.75. The van der Waals surface area contributed by atoms with E-state index in [4.69, 9.17) is 18.3 Å². The van der Waals surface area contributed by atoms with E-state index >= 15 is 0 Å². The Morgan fingerprint density at radius 1 is 1.57 bits per heavy atom. The van der Waals surface area contributed by atoms with Crippen molar-refractivity contribution < 1.29 is 35.9 Å². The number of ether oxygens (including phenoxy) is 1. The first-order chi connectivity index (χ1) is 16.1. The molecular formula is C17H19N5O6S2. The number of carbonyl (C=O) groups is 4. The topological polar surface area (TPSA) is 178 Å². The molecule has 160 valence electrons. The van der Waals surface area contributed by atoms with Crippen molar-refractivity contribution in [2.24, 2.45) is 5.73 Å². The van der Waals surface area contributed by atoms with Crippen molar-refractivity contribution in [3.05, 3.63) is 28.4 Å². The molecule has 0 aromatic carbocycles. The number of carboxylic acids is 1. The molecule has 30 heavy (non-hydrogen) atoms. The fraction of sp³-hybridized carbons (Fsp3) is 0.353. The van der Waals surface area contributed by atoms with Gasteiger partial charge in [-0.2, -0.15) is 0 Å². The predicted octanol–water partition coefficient (Wildman–Crippen LogP) is 0.353. The Kier molecular flexibility index (Phi) is 4.59. The molecule has 0 radical (unpaired) electrons. The molecule has 2 aliphatic rings. The van der Waals surface area contributed by atoms with Gasteiger partial charge in [-0.3, -0.25) is 14.5 Å². The summed E-state index contributed by atoms with van der Waals surface area (Å²) in [6.07, 6.45) is -3.43. The van der Waals surface area contributed by atoms with Gasteiger partial charge < -0.3 is 26.6 Å². The summed E-state index contributed by atoms with van der Waals surface area (Å²) in [4.78, 5) is 53.3. The fourth-order valence-corrected chi connectivity index (χ4v) is 4.80. The number of nitrogens with zero attached hydrogens (tertiary/aromatic N) is 2. The number of amides is 3. The molecule has 0 bridgehead atoms. The van der Waals surface area contributed by atoms with Crippen LogP contribution >= 0.6 is 23.1 Å². The van der Waals surface area contributed by atoms with Crippen LogP contribution in [0.4, 0.5) is 9.93 Å². The number of aliphatic carboxylic acids is 1. The van der Waals surface area contributed by atoms with E-state index in [0.29, 0.717) is 6.08 Å². The van der Waals surface area contributed by atoms with Crippen LogP contribution in [0.25, 0.3) is 5.57 Å². The fourth-order valence-electron chi connectivity index (χ4n) is 2.91. The van der Waals surface area contributed by atoms with Gasteiger partial charge in [-0.1, -0.05) is 12.9 Å². The number of thioether (sulfide) groups is 1. The molecule has 3 rings (SSSR count). The minimum Gasteiger partial charge on any atom is -0.477 e. The van der Waals surface area contributed by atoms with Gasteiger partial charge in [0, 0.05) is 23.6 Å². The smallest absolute Gasteiger partial charge is 0.404 e. The molecule has 13 heteroatoms. The Labute approximate surface area is 186 Å². The van der Waals surface area contributed by atoms with Crippen LogP contribution in [0.3, 0.4) is 0 Å². The lowest BCUT2D eigenvalue weighted by atomic mass is 10.0. The quantitative estimate of drug-likeness (QED) is 0.331. The highest BCUT2D eigenvalue weighted by atomic mass is 32.2. The van der Waals surface area contributed by atoms with Crippen molar-refractivity contribution >= 4 is 57.7 Å². The van der Waals surface area contributed by atoms with E-state index in [1.54, 1.807) is 0 Å². The number of carbonyl (C=O) groups excluding carboxylic acids is 3. The molecular weight excluding hydrogens is 434 g/mol. The van der Waals surface area contributed by atoms with E-state index in [1.807, 2.05) is 0 Å². The van der Waals surface area contributed by atoms with E-state index < -0.39 is 66.4 Å². The van der Waals surface area contributed by atoms with Gasteiger partial charge in [0.15, 0.2) is 5.13 Å². The maximum Gasteiger partial charge on any atom is 0.404 e. The number of carboxylic acid groups (broad SMARTS) is 1. The molecule has 2 atom stereocenters. The number of rotatable bonds is 7. The predicted molar refractivity (Wildman–Crippen MR) is 110 cm³/mol.